The summed E-state index contributed by atoms with van der Waals surface area (Å²) >= 11 is 0. The van der Waals surface area contributed by atoms with E-state index in [0.717, 1.165) is 23.0 Å². The van der Waals surface area contributed by atoms with Crippen molar-refractivity contribution in [2.75, 3.05) is 17.4 Å². The second-order valence-corrected chi connectivity index (χ2v) is 5.80. The summed E-state index contributed by atoms with van der Waals surface area (Å²) in [6.07, 6.45) is 1.72. The van der Waals surface area contributed by atoms with Crippen LogP contribution in [0.15, 0.2) is 54.7 Å². The molecule has 0 aliphatic carbocycles. The lowest BCUT2D eigenvalue weighted by Gasteiger charge is -2.09. The number of fused-ring (bicyclic) bond motifs is 1. The molecule has 1 aliphatic heterocycles. The van der Waals surface area contributed by atoms with Crippen molar-refractivity contribution in [2.24, 2.45) is 0 Å². The Hall–Kier alpha value is -3.28. The lowest BCUT2D eigenvalue weighted by molar-refractivity contribution is 0.174. The number of nitrogens with one attached hydrogen (secondary N) is 2. The number of rotatable bonds is 5. The van der Waals surface area contributed by atoms with Gasteiger partial charge in [-0.15, -0.1) is 0 Å². The van der Waals surface area contributed by atoms with Gasteiger partial charge >= 0.3 is 0 Å². The molecular formula is C19H18N4O2. The number of aryl methyl sites for hydroxylation is 1. The Labute approximate surface area is 145 Å². The second kappa shape index (κ2) is 6.68. The number of hydrogen-bond acceptors (Lipinski definition) is 6. The van der Waals surface area contributed by atoms with Crippen molar-refractivity contribution in [2.45, 2.75) is 13.5 Å². The van der Waals surface area contributed by atoms with Crippen molar-refractivity contribution in [3.63, 3.8) is 0 Å². The average Bonchev–Trinajstić information content (AvgIpc) is 3.09. The Morgan fingerprint density at radius 2 is 1.84 bits per heavy atom. The van der Waals surface area contributed by atoms with E-state index in [2.05, 4.69) is 51.8 Å². The first-order valence-electron chi connectivity index (χ1n) is 8.05. The van der Waals surface area contributed by atoms with Crippen LogP contribution in [0, 0.1) is 6.92 Å². The van der Waals surface area contributed by atoms with E-state index in [4.69, 9.17) is 9.47 Å². The molecule has 1 aromatic heterocycles. The lowest BCUT2D eigenvalue weighted by atomic mass is 10.1. The minimum Gasteiger partial charge on any atom is -0.454 e. The first-order valence-corrected chi connectivity index (χ1v) is 8.05. The number of ether oxygens (including phenoxy) is 2. The van der Waals surface area contributed by atoms with Crippen molar-refractivity contribution in [3.8, 4) is 11.5 Å². The summed E-state index contributed by atoms with van der Waals surface area (Å²) in [7, 11) is 0. The van der Waals surface area contributed by atoms with E-state index in [9.17, 15) is 0 Å². The van der Waals surface area contributed by atoms with Crippen LogP contribution in [-0.4, -0.2) is 16.8 Å². The van der Waals surface area contributed by atoms with E-state index in [-0.39, 0.29) is 6.79 Å². The van der Waals surface area contributed by atoms with E-state index in [0.29, 0.717) is 12.5 Å². The Bertz CT molecular complexity index is 881. The molecule has 3 aromatic rings. The molecule has 1 aliphatic rings. The summed E-state index contributed by atoms with van der Waals surface area (Å²) in [4.78, 5) is 8.75. The topological polar surface area (TPSA) is 68.3 Å². The van der Waals surface area contributed by atoms with Crippen LogP contribution in [0.5, 0.6) is 11.5 Å². The quantitative estimate of drug-likeness (QED) is 0.738. The molecule has 25 heavy (non-hydrogen) atoms. The molecule has 0 saturated heterocycles. The first kappa shape index (κ1) is 15.3. The van der Waals surface area contributed by atoms with Gasteiger partial charge in [-0.2, -0.15) is 4.98 Å². The summed E-state index contributed by atoms with van der Waals surface area (Å²) in [6.45, 7) is 3.05. The summed E-state index contributed by atoms with van der Waals surface area (Å²) in [5.74, 6) is 2.75. The third kappa shape index (κ3) is 3.63. The molecule has 0 saturated carbocycles. The molecule has 0 bridgehead atoms. The summed E-state index contributed by atoms with van der Waals surface area (Å²) in [6, 6.07) is 15.9. The highest BCUT2D eigenvalue weighted by Crippen LogP contribution is 2.34. The van der Waals surface area contributed by atoms with Crippen LogP contribution in [0.4, 0.5) is 17.5 Å². The predicted molar refractivity (Wildman–Crippen MR) is 96.4 cm³/mol. The van der Waals surface area contributed by atoms with E-state index in [1.54, 1.807) is 6.20 Å². The second-order valence-electron chi connectivity index (χ2n) is 5.80. The zero-order valence-corrected chi connectivity index (χ0v) is 13.8. The minimum atomic E-state index is 0.258. The first-order chi connectivity index (χ1) is 12.3. The zero-order chi connectivity index (χ0) is 17.1. The van der Waals surface area contributed by atoms with Crippen LogP contribution in [0.3, 0.4) is 0 Å². The van der Waals surface area contributed by atoms with Crippen LogP contribution < -0.4 is 20.1 Å². The molecule has 2 aromatic carbocycles. The fourth-order valence-corrected chi connectivity index (χ4v) is 2.52. The van der Waals surface area contributed by atoms with E-state index >= 15 is 0 Å². The van der Waals surface area contributed by atoms with Gasteiger partial charge in [0.2, 0.25) is 12.7 Å². The summed E-state index contributed by atoms with van der Waals surface area (Å²) in [5.41, 5.74) is 3.30. The molecule has 0 radical (unpaired) electrons. The van der Waals surface area contributed by atoms with Crippen molar-refractivity contribution in [1.29, 1.82) is 0 Å². The highest BCUT2D eigenvalue weighted by atomic mass is 16.7. The molecule has 0 fully saturated rings. The zero-order valence-electron chi connectivity index (χ0n) is 13.8. The largest absolute Gasteiger partial charge is 0.454 e. The number of nitrogens with zero attached hydrogens (tertiary/aromatic N) is 2. The Morgan fingerprint density at radius 3 is 2.72 bits per heavy atom. The highest BCUT2D eigenvalue weighted by Gasteiger charge is 2.13. The number of benzene rings is 2. The summed E-state index contributed by atoms with van der Waals surface area (Å²) < 4.78 is 10.7. The van der Waals surface area contributed by atoms with Crippen molar-refractivity contribution in [3.05, 3.63) is 65.9 Å². The number of hydrogen-bond donors (Lipinski definition) is 2. The number of anilines is 3. The minimum absolute atomic E-state index is 0.258. The standard InChI is InChI=1S/C19H18N4O2/c1-13-2-4-14(5-3-13)11-21-18-8-9-20-19(23-18)22-15-6-7-16-17(10-15)25-12-24-16/h2-10H,11-12H2,1H3,(H2,20,21,22,23). The van der Waals surface area contributed by atoms with E-state index in [1.165, 1.54) is 11.1 Å². The molecule has 0 spiro atoms. The summed E-state index contributed by atoms with van der Waals surface area (Å²) in [5, 5.41) is 6.49. The fourth-order valence-electron chi connectivity index (χ4n) is 2.52. The monoisotopic (exact) mass is 334 g/mol. The fraction of sp³-hybridized carbons (Fsp3) is 0.158. The molecule has 4 rings (SSSR count). The van der Waals surface area contributed by atoms with Crippen LogP contribution in [-0.2, 0) is 6.54 Å². The van der Waals surface area contributed by atoms with Crippen LogP contribution in [0.2, 0.25) is 0 Å². The molecule has 126 valence electrons. The van der Waals surface area contributed by atoms with Gasteiger partial charge in [0.1, 0.15) is 5.82 Å². The Morgan fingerprint density at radius 1 is 1.00 bits per heavy atom. The molecule has 2 heterocycles. The van der Waals surface area contributed by atoms with Gasteiger partial charge in [0.25, 0.3) is 0 Å². The van der Waals surface area contributed by atoms with Crippen molar-refractivity contribution < 1.29 is 9.47 Å². The lowest BCUT2D eigenvalue weighted by Crippen LogP contribution is -2.04. The van der Waals surface area contributed by atoms with Crippen LogP contribution in [0.25, 0.3) is 0 Å². The van der Waals surface area contributed by atoms with Crippen LogP contribution in [0.1, 0.15) is 11.1 Å². The molecular weight excluding hydrogens is 316 g/mol. The van der Waals surface area contributed by atoms with Gasteiger partial charge in [0.05, 0.1) is 0 Å². The number of aromatic nitrogens is 2. The average molecular weight is 334 g/mol. The van der Waals surface area contributed by atoms with Crippen molar-refractivity contribution in [1.82, 2.24) is 9.97 Å². The van der Waals surface area contributed by atoms with Gasteiger partial charge in [-0.3, -0.25) is 0 Å². The van der Waals surface area contributed by atoms with Gasteiger partial charge in [0, 0.05) is 24.5 Å². The molecule has 0 amide bonds. The maximum Gasteiger partial charge on any atom is 0.231 e. The van der Waals surface area contributed by atoms with E-state index < -0.39 is 0 Å². The molecule has 6 nitrogen and oxygen atoms in total. The Kier molecular flexibility index (Phi) is 4.08. The highest BCUT2D eigenvalue weighted by molar-refractivity contribution is 5.61. The van der Waals surface area contributed by atoms with Gasteiger partial charge in [-0.1, -0.05) is 29.8 Å². The van der Waals surface area contributed by atoms with Crippen LogP contribution >= 0.6 is 0 Å². The van der Waals surface area contributed by atoms with Gasteiger partial charge in [-0.25, -0.2) is 4.98 Å². The van der Waals surface area contributed by atoms with E-state index in [1.807, 2.05) is 24.3 Å². The molecule has 0 unspecified atom stereocenters. The SMILES string of the molecule is Cc1ccc(CNc2ccnc(Nc3ccc4c(c3)OCO4)n2)cc1. The Balaban J connectivity index is 1.43. The van der Waals surface area contributed by atoms with Gasteiger partial charge in [0.15, 0.2) is 11.5 Å². The molecule has 6 heteroatoms. The third-order valence-electron chi connectivity index (χ3n) is 3.88. The smallest absolute Gasteiger partial charge is 0.231 e. The van der Waals surface area contributed by atoms with Gasteiger partial charge in [-0.05, 0) is 30.7 Å². The third-order valence-corrected chi connectivity index (χ3v) is 3.88. The molecule has 2 N–H and O–H groups in total. The maximum absolute atomic E-state index is 5.38. The molecule has 0 atom stereocenters. The van der Waals surface area contributed by atoms with Gasteiger partial charge < -0.3 is 20.1 Å². The normalized spacial score (nSPS) is 12.0. The maximum atomic E-state index is 5.38. The van der Waals surface area contributed by atoms with Crippen molar-refractivity contribution >= 4 is 17.5 Å². The predicted octanol–water partition coefficient (Wildman–Crippen LogP) is 3.87.